The van der Waals surface area contributed by atoms with E-state index in [0.717, 1.165) is 32.0 Å². The van der Waals surface area contributed by atoms with Crippen LogP contribution in [0.5, 0.6) is 0 Å². The fourth-order valence-corrected chi connectivity index (χ4v) is 2.51. The largest absolute Gasteiger partial charge is 0.476 e. The van der Waals surface area contributed by atoms with Crippen molar-refractivity contribution in [2.75, 3.05) is 31.1 Å². The van der Waals surface area contributed by atoms with Gasteiger partial charge in [0.05, 0.1) is 6.20 Å². The lowest BCUT2D eigenvalue weighted by Gasteiger charge is -2.28. The molecule has 0 unspecified atom stereocenters. The monoisotopic (exact) mass is 325 g/mol. The molecular weight excluding hydrogens is 314 g/mol. The number of rotatable bonds is 2. The topological polar surface area (TPSA) is 82.8 Å². The average Bonchev–Trinajstić information content (AvgIpc) is 2.86. The van der Waals surface area contributed by atoms with Gasteiger partial charge in [0.2, 0.25) is 0 Å². The third kappa shape index (κ3) is 2.17. The summed E-state index contributed by atoms with van der Waals surface area (Å²) >= 11 is 3.35. The number of nitrogens with zero attached hydrogens (tertiary/aromatic N) is 4. The summed E-state index contributed by atoms with van der Waals surface area (Å²) in [7, 11) is 0. The van der Waals surface area contributed by atoms with Crippen LogP contribution in [0.2, 0.25) is 0 Å². The molecule has 2 aromatic heterocycles. The number of carboxylic acid groups (broad SMARTS) is 1. The molecule has 19 heavy (non-hydrogen) atoms. The molecule has 100 valence electrons. The Bertz CT molecular complexity index is 635. The van der Waals surface area contributed by atoms with Crippen molar-refractivity contribution in [3.63, 3.8) is 0 Å². The lowest BCUT2D eigenvalue weighted by molar-refractivity contribution is 0.0691. The fraction of sp³-hybridized carbons (Fsp3) is 0.364. The number of piperazine rings is 1. The van der Waals surface area contributed by atoms with Crippen LogP contribution in [-0.2, 0) is 0 Å². The van der Waals surface area contributed by atoms with Gasteiger partial charge in [0.1, 0.15) is 4.60 Å². The van der Waals surface area contributed by atoms with Crippen molar-refractivity contribution in [1.82, 2.24) is 19.7 Å². The highest BCUT2D eigenvalue weighted by molar-refractivity contribution is 9.10. The molecule has 1 aliphatic heterocycles. The molecule has 0 radical (unpaired) electrons. The minimum atomic E-state index is -1.04. The minimum absolute atomic E-state index is 0.0186. The minimum Gasteiger partial charge on any atom is -0.476 e. The molecule has 7 nitrogen and oxygen atoms in total. The zero-order valence-corrected chi connectivity index (χ0v) is 11.6. The van der Waals surface area contributed by atoms with E-state index < -0.39 is 5.97 Å². The Hall–Kier alpha value is -1.67. The van der Waals surface area contributed by atoms with Crippen LogP contribution in [0.3, 0.4) is 0 Å². The molecule has 0 amide bonds. The SMILES string of the molecule is O=C(O)c1cn2c(Br)cnc(N3CCNCC3)c2n1. The van der Waals surface area contributed by atoms with Crippen molar-refractivity contribution >= 4 is 33.4 Å². The molecule has 0 atom stereocenters. The van der Waals surface area contributed by atoms with Gasteiger partial charge in [0.25, 0.3) is 0 Å². The molecule has 0 saturated carbocycles. The van der Waals surface area contributed by atoms with E-state index >= 15 is 0 Å². The molecule has 0 aliphatic carbocycles. The predicted molar refractivity (Wildman–Crippen MR) is 72.7 cm³/mol. The second-order valence-corrected chi connectivity index (χ2v) is 5.08. The predicted octanol–water partition coefficient (Wildman–Crippen LogP) is 0.600. The van der Waals surface area contributed by atoms with E-state index in [1.807, 2.05) is 0 Å². The second kappa shape index (κ2) is 4.78. The number of hydrogen-bond donors (Lipinski definition) is 2. The van der Waals surface area contributed by atoms with Crippen LogP contribution in [0.25, 0.3) is 5.65 Å². The van der Waals surface area contributed by atoms with Crippen molar-refractivity contribution in [3.8, 4) is 0 Å². The van der Waals surface area contributed by atoms with Crippen LogP contribution in [0.15, 0.2) is 17.0 Å². The Morgan fingerprint density at radius 3 is 2.84 bits per heavy atom. The van der Waals surface area contributed by atoms with Crippen molar-refractivity contribution in [2.45, 2.75) is 0 Å². The molecule has 1 fully saturated rings. The highest BCUT2D eigenvalue weighted by Gasteiger charge is 2.19. The summed E-state index contributed by atoms with van der Waals surface area (Å²) in [6.07, 6.45) is 3.16. The van der Waals surface area contributed by atoms with Gasteiger partial charge in [-0.15, -0.1) is 0 Å². The van der Waals surface area contributed by atoms with Gasteiger partial charge in [-0.1, -0.05) is 0 Å². The van der Waals surface area contributed by atoms with Gasteiger partial charge in [0, 0.05) is 32.4 Å². The highest BCUT2D eigenvalue weighted by atomic mass is 79.9. The van der Waals surface area contributed by atoms with Crippen molar-refractivity contribution in [2.24, 2.45) is 0 Å². The Balaban J connectivity index is 2.13. The molecule has 3 heterocycles. The number of anilines is 1. The first-order valence-corrected chi connectivity index (χ1v) is 6.68. The molecule has 2 N–H and O–H groups in total. The molecule has 0 aromatic carbocycles. The van der Waals surface area contributed by atoms with Gasteiger partial charge in [-0.05, 0) is 15.9 Å². The van der Waals surface area contributed by atoms with E-state index in [-0.39, 0.29) is 5.69 Å². The number of aromatic carboxylic acids is 1. The molecule has 1 aliphatic rings. The summed E-state index contributed by atoms with van der Waals surface area (Å²) in [6, 6.07) is 0. The van der Waals surface area contributed by atoms with E-state index in [1.165, 1.54) is 6.20 Å². The standard InChI is InChI=1S/C11H12BrN5O2/c12-8-5-14-9(16-3-1-13-2-4-16)10-15-7(11(18)19)6-17(8)10/h5-6,13H,1-4H2,(H,18,19). The maximum atomic E-state index is 11.0. The molecule has 3 rings (SSSR count). The molecule has 0 bridgehead atoms. The van der Waals surface area contributed by atoms with Crippen LogP contribution in [-0.4, -0.2) is 51.6 Å². The molecular formula is C11H12BrN5O2. The molecule has 8 heteroatoms. The quantitative estimate of drug-likeness (QED) is 0.841. The van der Waals surface area contributed by atoms with Crippen molar-refractivity contribution in [3.05, 3.63) is 22.7 Å². The summed E-state index contributed by atoms with van der Waals surface area (Å²) in [5.41, 5.74) is 0.582. The van der Waals surface area contributed by atoms with Crippen LogP contribution >= 0.6 is 15.9 Å². The van der Waals surface area contributed by atoms with Gasteiger partial charge in [-0.25, -0.2) is 14.8 Å². The first-order valence-electron chi connectivity index (χ1n) is 5.89. The Morgan fingerprint density at radius 1 is 1.42 bits per heavy atom. The summed E-state index contributed by atoms with van der Waals surface area (Å²) in [6.45, 7) is 3.44. The van der Waals surface area contributed by atoms with Gasteiger partial charge < -0.3 is 15.3 Å². The maximum absolute atomic E-state index is 11.0. The number of carbonyl (C=O) groups is 1. The van der Waals surface area contributed by atoms with E-state index in [4.69, 9.17) is 5.11 Å². The first-order chi connectivity index (χ1) is 9.16. The van der Waals surface area contributed by atoms with E-state index in [1.54, 1.807) is 10.6 Å². The van der Waals surface area contributed by atoms with Crippen LogP contribution in [0.4, 0.5) is 5.82 Å². The van der Waals surface area contributed by atoms with Gasteiger partial charge in [-0.2, -0.15) is 0 Å². The number of fused-ring (bicyclic) bond motifs is 1. The number of hydrogen-bond acceptors (Lipinski definition) is 5. The summed E-state index contributed by atoms with van der Waals surface area (Å²) in [4.78, 5) is 21.7. The lowest BCUT2D eigenvalue weighted by Crippen LogP contribution is -2.44. The maximum Gasteiger partial charge on any atom is 0.356 e. The number of carboxylic acids is 1. The zero-order valence-electron chi connectivity index (χ0n) is 10.0. The van der Waals surface area contributed by atoms with E-state index in [0.29, 0.717) is 10.3 Å². The Kier molecular flexibility index (Phi) is 3.11. The van der Waals surface area contributed by atoms with Crippen molar-refractivity contribution in [1.29, 1.82) is 0 Å². The number of halogens is 1. The summed E-state index contributed by atoms with van der Waals surface area (Å²) in [5, 5.41) is 12.3. The Morgan fingerprint density at radius 2 is 2.16 bits per heavy atom. The van der Waals surface area contributed by atoms with Gasteiger partial charge in [-0.3, -0.25) is 4.40 Å². The lowest BCUT2D eigenvalue weighted by atomic mass is 10.3. The molecule has 1 saturated heterocycles. The van der Waals surface area contributed by atoms with Crippen molar-refractivity contribution < 1.29 is 9.90 Å². The van der Waals surface area contributed by atoms with Gasteiger partial charge in [0.15, 0.2) is 17.2 Å². The zero-order chi connectivity index (χ0) is 13.4. The number of imidazole rings is 1. The van der Waals surface area contributed by atoms with E-state index in [9.17, 15) is 4.79 Å². The van der Waals surface area contributed by atoms with Crippen LogP contribution in [0.1, 0.15) is 10.5 Å². The average molecular weight is 326 g/mol. The first kappa shape index (κ1) is 12.4. The Labute approximate surface area is 117 Å². The van der Waals surface area contributed by atoms with E-state index in [2.05, 4.69) is 36.1 Å². The third-order valence-corrected chi connectivity index (χ3v) is 3.65. The smallest absolute Gasteiger partial charge is 0.356 e. The summed E-state index contributed by atoms with van der Waals surface area (Å²) < 4.78 is 2.38. The molecule has 2 aromatic rings. The highest BCUT2D eigenvalue weighted by Crippen LogP contribution is 2.23. The molecule has 0 spiro atoms. The summed E-state index contributed by atoms with van der Waals surface area (Å²) in [5.74, 6) is -0.320. The normalized spacial score (nSPS) is 15.9. The number of nitrogens with one attached hydrogen (secondary N) is 1. The number of aromatic nitrogens is 3. The van der Waals surface area contributed by atoms with Crippen LogP contribution < -0.4 is 10.2 Å². The van der Waals surface area contributed by atoms with Crippen LogP contribution in [0, 0.1) is 0 Å². The van der Waals surface area contributed by atoms with Gasteiger partial charge >= 0.3 is 5.97 Å². The fourth-order valence-electron chi connectivity index (χ4n) is 2.14. The second-order valence-electron chi connectivity index (χ2n) is 4.27. The third-order valence-electron chi connectivity index (χ3n) is 3.07.